The molecule has 0 radical (unpaired) electrons. The third kappa shape index (κ3) is 4.19. The molecular weight excluding hydrogens is 306 g/mol. The summed E-state index contributed by atoms with van der Waals surface area (Å²) in [6.45, 7) is 6.77. The summed E-state index contributed by atoms with van der Waals surface area (Å²) < 4.78 is 0. The van der Waals surface area contributed by atoms with Crippen molar-refractivity contribution in [3.05, 3.63) is 22.5 Å². The molecule has 1 aromatic heterocycles. The Balaban J connectivity index is 1.79. The Hall–Kier alpha value is -1.09. The molecule has 2 aliphatic carbocycles. The number of nitrogens with two attached hydrogens (primary N) is 1. The quantitative estimate of drug-likeness (QED) is 0.737. The van der Waals surface area contributed by atoms with E-state index in [1.165, 1.54) is 79.6 Å². The van der Waals surface area contributed by atoms with Crippen LogP contribution in [0.2, 0.25) is 0 Å². The van der Waals surface area contributed by atoms with Gasteiger partial charge in [0.05, 0.1) is 0 Å². The van der Waals surface area contributed by atoms with Gasteiger partial charge in [0.15, 0.2) is 0 Å². The largest absolute Gasteiger partial charge is 0.382 e. The van der Waals surface area contributed by atoms with Gasteiger partial charge in [0.2, 0.25) is 0 Å². The van der Waals surface area contributed by atoms with Gasteiger partial charge >= 0.3 is 0 Å². The molecule has 0 bridgehead atoms. The summed E-state index contributed by atoms with van der Waals surface area (Å²) in [5, 5.41) is 3.92. The second kappa shape index (κ2) is 8.07. The average Bonchev–Trinajstić information content (AvgIpc) is 2.66. The van der Waals surface area contributed by atoms with Crippen molar-refractivity contribution in [2.24, 2.45) is 5.73 Å². The monoisotopic (exact) mass is 343 g/mol. The zero-order valence-corrected chi connectivity index (χ0v) is 16.6. The van der Waals surface area contributed by atoms with E-state index in [-0.39, 0.29) is 5.54 Å². The van der Waals surface area contributed by atoms with Crippen LogP contribution in [-0.4, -0.2) is 16.6 Å². The van der Waals surface area contributed by atoms with Gasteiger partial charge in [-0.2, -0.15) is 0 Å². The van der Waals surface area contributed by atoms with Crippen LogP contribution in [0.1, 0.15) is 94.7 Å². The number of fused-ring (bicyclic) bond motifs is 2. The maximum atomic E-state index is 6.52. The lowest BCUT2D eigenvalue weighted by atomic mass is 9.86. The van der Waals surface area contributed by atoms with Gasteiger partial charge in [0.1, 0.15) is 0 Å². The summed E-state index contributed by atoms with van der Waals surface area (Å²) in [4.78, 5) is 5.07. The van der Waals surface area contributed by atoms with Crippen molar-refractivity contribution >= 4 is 5.69 Å². The van der Waals surface area contributed by atoms with E-state index in [9.17, 15) is 0 Å². The molecule has 3 heteroatoms. The highest BCUT2D eigenvalue weighted by molar-refractivity contribution is 5.62. The highest BCUT2D eigenvalue weighted by atomic mass is 14.9. The lowest BCUT2D eigenvalue weighted by molar-refractivity contribution is 0.350. The molecule has 3 nitrogen and oxygen atoms in total. The van der Waals surface area contributed by atoms with Gasteiger partial charge in [-0.3, -0.25) is 4.98 Å². The topological polar surface area (TPSA) is 50.9 Å². The lowest BCUT2D eigenvalue weighted by Gasteiger charge is -2.31. The predicted molar refractivity (Wildman–Crippen MR) is 107 cm³/mol. The van der Waals surface area contributed by atoms with Gasteiger partial charge in [-0.05, 0) is 95.1 Å². The Bertz CT molecular complexity index is 555. The fourth-order valence-electron chi connectivity index (χ4n) is 4.51. The summed E-state index contributed by atoms with van der Waals surface area (Å²) in [5.41, 5.74) is 13.8. The fourth-order valence-corrected chi connectivity index (χ4v) is 4.51. The molecule has 1 unspecified atom stereocenters. The lowest BCUT2D eigenvalue weighted by Crippen LogP contribution is -2.39. The van der Waals surface area contributed by atoms with Gasteiger partial charge in [0, 0.05) is 28.7 Å². The molecule has 0 saturated heterocycles. The van der Waals surface area contributed by atoms with E-state index in [0.717, 1.165) is 25.7 Å². The standard InChI is InChI=1S/C22H37N3/c1-4-22(23,5-2)15-14-16(3)24-21-17-10-6-8-12-19(17)25-20-13-9-7-11-18(20)21/h16H,4-15,23H2,1-3H3,(H,24,25). The van der Waals surface area contributed by atoms with Crippen LogP contribution < -0.4 is 11.1 Å². The number of aromatic nitrogens is 1. The van der Waals surface area contributed by atoms with Crippen LogP contribution in [0.4, 0.5) is 5.69 Å². The Morgan fingerprint density at radius 1 is 0.960 bits per heavy atom. The number of pyridine rings is 1. The number of aryl methyl sites for hydroxylation is 2. The van der Waals surface area contributed by atoms with E-state index in [1.54, 1.807) is 0 Å². The maximum Gasteiger partial charge on any atom is 0.0459 e. The number of nitrogens with zero attached hydrogens (tertiary/aromatic N) is 1. The second-order valence-corrected chi connectivity index (χ2v) is 8.41. The van der Waals surface area contributed by atoms with Gasteiger partial charge in [-0.25, -0.2) is 0 Å². The molecule has 3 rings (SSSR count). The minimum absolute atomic E-state index is 0.00698. The Morgan fingerprint density at radius 2 is 1.48 bits per heavy atom. The molecule has 140 valence electrons. The summed E-state index contributed by atoms with van der Waals surface area (Å²) in [7, 11) is 0. The third-order valence-corrected chi connectivity index (χ3v) is 6.63. The smallest absolute Gasteiger partial charge is 0.0459 e. The number of nitrogens with one attached hydrogen (secondary N) is 1. The van der Waals surface area contributed by atoms with Gasteiger partial charge in [-0.15, -0.1) is 0 Å². The van der Waals surface area contributed by atoms with E-state index < -0.39 is 0 Å². The summed E-state index contributed by atoms with van der Waals surface area (Å²) in [6, 6.07) is 0.473. The van der Waals surface area contributed by atoms with Crippen LogP contribution in [0, 0.1) is 0 Å². The van der Waals surface area contributed by atoms with Crippen molar-refractivity contribution < 1.29 is 0 Å². The molecule has 1 atom stereocenters. The molecule has 25 heavy (non-hydrogen) atoms. The van der Waals surface area contributed by atoms with Gasteiger partial charge < -0.3 is 11.1 Å². The maximum absolute atomic E-state index is 6.52. The van der Waals surface area contributed by atoms with E-state index in [2.05, 4.69) is 26.1 Å². The van der Waals surface area contributed by atoms with E-state index in [4.69, 9.17) is 10.7 Å². The Morgan fingerprint density at radius 3 is 2.00 bits per heavy atom. The first-order valence-electron chi connectivity index (χ1n) is 10.6. The Labute approximate surface area is 154 Å². The zero-order chi connectivity index (χ0) is 17.9. The normalized spacial score (nSPS) is 18.4. The van der Waals surface area contributed by atoms with Crippen molar-refractivity contribution in [1.29, 1.82) is 0 Å². The molecule has 1 aromatic rings. The van der Waals surface area contributed by atoms with Crippen molar-refractivity contribution in [3.63, 3.8) is 0 Å². The van der Waals surface area contributed by atoms with E-state index >= 15 is 0 Å². The van der Waals surface area contributed by atoms with E-state index in [0.29, 0.717) is 6.04 Å². The molecule has 0 aliphatic heterocycles. The fraction of sp³-hybridized carbons (Fsp3) is 0.773. The number of anilines is 1. The first kappa shape index (κ1) is 18.7. The van der Waals surface area contributed by atoms with E-state index in [1.807, 2.05) is 0 Å². The van der Waals surface area contributed by atoms with Crippen molar-refractivity contribution in [2.45, 2.75) is 109 Å². The van der Waals surface area contributed by atoms with Crippen molar-refractivity contribution in [1.82, 2.24) is 4.98 Å². The summed E-state index contributed by atoms with van der Waals surface area (Å²) in [6.07, 6.45) is 14.4. The summed E-state index contributed by atoms with van der Waals surface area (Å²) in [5.74, 6) is 0. The van der Waals surface area contributed by atoms with Crippen LogP contribution in [0.3, 0.4) is 0 Å². The first-order chi connectivity index (χ1) is 12.1. The number of rotatable bonds is 7. The van der Waals surface area contributed by atoms with Crippen LogP contribution >= 0.6 is 0 Å². The summed E-state index contributed by atoms with van der Waals surface area (Å²) >= 11 is 0. The minimum atomic E-state index is 0.00698. The van der Waals surface area contributed by atoms with Gasteiger partial charge in [-0.1, -0.05) is 13.8 Å². The molecule has 3 N–H and O–H groups in total. The highest BCUT2D eigenvalue weighted by Crippen LogP contribution is 2.36. The molecule has 0 spiro atoms. The van der Waals surface area contributed by atoms with Crippen LogP contribution in [-0.2, 0) is 25.7 Å². The van der Waals surface area contributed by atoms with Crippen LogP contribution in [0.25, 0.3) is 0 Å². The first-order valence-corrected chi connectivity index (χ1v) is 10.6. The van der Waals surface area contributed by atoms with Crippen molar-refractivity contribution in [3.8, 4) is 0 Å². The van der Waals surface area contributed by atoms with Crippen LogP contribution in [0.15, 0.2) is 0 Å². The highest BCUT2D eigenvalue weighted by Gasteiger charge is 2.25. The predicted octanol–water partition coefficient (Wildman–Crippen LogP) is 4.94. The molecule has 1 heterocycles. The SMILES string of the molecule is CCC(N)(CC)CCC(C)Nc1c2c(nc3c1CCCC3)CCCC2. The molecule has 0 saturated carbocycles. The molecular formula is C22H37N3. The number of hydrogen-bond donors (Lipinski definition) is 2. The second-order valence-electron chi connectivity index (χ2n) is 8.41. The minimum Gasteiger partial charge on any atom is -0.382 e. The number of hydrogen-bond acceptors (Lipinski definition) is 3. The Kier molecular flexibility index (Phi) is 6.04. The average molecular weight is 344 g/mol. The van der Waals surface area contributed by atoms with Gasteiger partial charge in [0.25, 0.3) is 0 Å². The van der Waals surface area contributed by atoms with Crippen molar-refractivity contribution in [2.75, 3.05) is 5.32 Å². The molecule has 2 aliphatic rings. The molecule has 0 aromatic carbocycles. The molecule has 0 fully saturated rings. The zero-order valence-electron chi connectivity index (χ0n) is 16.6. The van der Waals surface area contributed by atoms with Crippen LogP contribution in [0.5, 0.6) is 0 Å². The third-order valence-electron chi connectivity index (χ3n) is 6.63. The molecule has 0 amide bonds.